The summed E-state index contributed by atoms with van der Waals surface area (Å²) in [4.78, 5) is 25.4. The molecule has 1 aromatic rings. The SMILES string of the molecule is C#C.C#C.C=C.CC.CC/C=C\C(CCNC=O)=NC.CC1(C)C(c2ccc(C(=O)O)cc2)=CC[C@@]2(C)C1CC[C@@]1(C)C3CC[C@@]4(C)CCCC4[C@H]3CCC12. The van der Waals surface area contributed by atoms with E-state index in [4.69, 9.17) is 0 Å². The number of nitrogens with one attached hydrogen (secondary N) is 1. The number of hydrogen-bond donors (Lipinski definition) is 2. The van der Waals surface area contributed by atoms with Crippen LogP contribution >= 0.6 is 0 Å². The largest absolute Gasteiger partial charge is 0.478 e. The standard InChI is InChI=1S/C33H46O2.C9H16N2O.C2H6.C2H4.2C2H2/c1-30(2)24(21-8-10-22(11-9-21)29(34)35)15-19-33(5)27(30)16-20-32(4)26-14-18-31(3)17-6-7-25(31)23(26)12-13-28(32)33;1-3-4-5-9(10-2)6-7-11-8-12;4*1-2/h8-11,15,23,25-28H,6-7,12-14,16-20H2,1-5H3,(H,34,35);4-5,8H,3,6-7H2,1-2H3,(H,11,12);1-2H3;1-2H2;2*1-2H/b;5-4-,10-9?;;;;/t23-,25?,26?,27?,28?,31-,32+,33+;;;;;/m1...../s1. The van der Waals surface area contributed by atoms with Crippen molar-refractivity contribution in [1.82, 2.24) is 5.32 Å². The van der Waals surface area contributed by atoms with Gasteiger partial charge in [-0.05, 0) is 145 Å². The van der Waals surface area contributed by atoms with E-state index < -0.39 is 5.97 Å². The summed E-state index contributed by atoms with van der Waals surface area (Å²) in [5, 5.41) is 11.9. The fraction of sp³-hybridized carbons (Fsp3) is 0.620. The van der Waals surface area contributed by atoms with Gasteiger partial charge in [-0.1, -0.05) is 86.1 Å². The van der Waals surface area contributed by atoms with Gasteiger partial charge in [0.2, 0.25) is 6.41 Å². The number of carboxylic acids is 1. The van der Waals surface area contributed by atoms with Gasteiger partial charge in [0.25, 0.3) is 0 Å². The summed E-state index contributed by atoms with van der Waals surface area (Å²) in [5.41, 5.74) is 5.67. The number of rotatable bonds is 8. The maximum Gasteiger partial charge on any atom is 0.335 e. The molecule has 4 saturated carbocycles. The smallest absolute Gasteiger partial charge is 0.335 e. The van der Waals surface area contributed by atoms with E-state index in [0.717, 1.165) is 42.2 Å². The second-order valence-electron chi connectivity index (χ2n) is 17.0. The van der Waals surface area contributed by atoms with E-state index in [9.17, 15) is 14.7 Å². The van der Waals surface area contributed by atoms with Crippen molar-refractivity contribution in [3.8, 4) is 25.7 Å². The van der Waals surface area contributed by atoms with Gasteiger partial charge >= 0.3 is 5.97 Å². The van der Waals surface area contributed by atoms with E-state index in [2.05, 4.69) is 103 Å². The molecule has 0 bridgehead atoms. The third-order valence-electron chi connectivity index (χ3n) is 14.4. The molecule has 304 valence electrons. The van der Waals surface area contributed by atoms with Crippen molar-refractivity contribution < 1.29 is 14.7 Å². The first-order chi connectivity index (χ1) is 26.4. The average molecular weight is 753 g/mol. The summed E-state index contributed by atoms with van der Waals surface area (Å²) in [7, 11) is 1.76. The summed E-state index contributed by atoms with van der Waals surface area (Å²) in [6.07, 6.45) is 39.4. The van der Waals surface area contributed by atoms with Gasteiger partial charge in [0.15, 0.2) is 0 Å². The molecule has 6 rings (SSSR count). The highest BCUT2D eigenvalue weighted by Gasteiger charge is 2.64. The number of carbonyl (C=O) groups is 2. The average Bonchev–Trinajstić information content (AvgIpc) is 3.61. The molecule has 0 radical (unpaired) electrons. The van der Waals surface area contributed by atoms with Gasteiger partial charge in [0.1, 0.15) is 0 Å². The molecule has 5 aliphatic carbocycles. The van der Waals surface area contributed by atoms with Crippen LogP contribution in [-0.2, 0) is 4.79 Å². The number of carbonyl (C=O) groups excluding carboxylic acids is 1. The number of fused-ring (bicyclic) bond motifs is 7. The molecule has 0 saturated heterocycles. The normalized spacial score (nSPS) is 32.1. The second-order valence-corrected chi connectivity index (χ2v) is 17.0. The van der Waals surface area contributed by atoms with Crippen molar-refractivity contribution in [3.05, 3.63) is 66.8 Å². The summed E-state index contributed by atoms with van der Waals surface area (Å²) in [6, 6.07) is 7.64. The van der Waals surface area contributed by atoms with Crippen LogP contribution in [-0.4, -0.2) is 36.8 Å². The molecule has 0 aliphatic heterocycles. The van der Waals surface area contributed by atoms with Gasteiger partial charge in [-0.25, -0.2) is 4.79 Å². The Balaban J connectivity index is 0.000000641. The van der Waals surface area contributed by atoms with Gasteiger partial charge in [-0.15, -0.1) is 38.9 Å². The Kier molecular flexibility index (Phi) is 20.3. The predicted octanol–water partition coefficient (Wildman–Crippen LogP) is 12.3. The number of amides is 1. The first-order valence-electron chi connectivity index (χ1n) is 20.9. The predicted molar refractivity (Wildman–Crippen MR) is 237 cm³/mol. The maximum atomic E-state index is 11.4. The molecule has 1 aromatic carbocycles. The molecule has 0 heterocycles. The van der Waals surface area contributed by atoms with Crippen molar-refractivity contribution in [2.24, 2.45) is 56.2 Å². The molecule has 2 N–H and O–H groups in total. The van der Waals surface area contributed by atoms with Gasteiger partial charge in [0.05, 0.1) is 5.56 Å². The summed E-state index contributed by atoms with van der Waals surface area (Å²) >= 11 is 0. The molecule has 4 unspecified atom stereocenters. The Morgan fingerprint density at radius 1 is 0.891 bits per heavy atom. The van der Waals surface area contributed by atoms with Gasteiger partial charge in [0, 0.05) is 25.7 Å². The molecule has 5 heteroatoms. The van der Waals surface area contributed by atoms with Crippen LogP contribution in [0.4, 0.5) is 0 Å². The monoisotopic (exact) mass is 753 g/mol. The Morgan fingerprint density at radius 2 is 1.53 bits per heavy atom. The highest BCUT2D eigenvalue weighted by Crippen LogP contribution is 2.73. The van der Waals surface area contributed by atoms with E-state index in [0.29, 0.717) is 40.7 Å². The van der Waals surface area contributed by atoms with Crippen LogP contribution in [0.5, 0.6) is 0 Å². The maximum absolute atomic E-state index is 11.4. The lowest BCUT2D eigenvalue weighted by Gasteiger charge is -2.68. The van der Waals surface area contributed by atoms with E-state index >= 15 is 0 Å². The number of allylic oxidation sites excluding steroid dienone is 4. The third kappa shape index (κ3) is 10.5. The minimum atomic E-state index is -0.844. The quantitative estimate of drug-likeness (QED) is 0.0912. The third-order valence-corrected chi connectivity index (χ3v) is 14.4. The van der Waals surface area contributed by atoms with Crippen LogP contribution in [0.15, 0.2) is 60.6 Å². The van der Waals surface area contributed by atoms with E-state index in [1.807, 2.05) is 32.1 Å². The molecule has 55 heavy (non-hydrogen) atoms. The van der Waals surface area contributed by atoms with Crippen molar-refractivity contribution >= 4 is 23.7 Å². The fourth-order valence-corrected chi connectivity index (χ4v) is 12.2. The molecular weight excluding hydrogens is 677 g/mol. The fourth-order valence-electron chi connectivity index (χ4n) is 12.2. The van der Waals surface area contributed by atoms with Crippen LogP contribution in [0, 0.1) is 76.9 Å². The van der Waals surface area contributed by atoms with Crippen molar-refractivity contribution in [2.45, 2.75) is 132 Å². The highest BCUT2D eigenvalue weighted by atomic mass is 16.4. The van der Waals surface area contributed by atoms with Crippen LogP contribution < -0.4 is 5.32 Å². The van der Waals surface area contributed by atoms with Crippen molar-refractivity contribution in [1.29, 1.82) is 0 Å². The van der Waals surface area contributed by atoms with Crippen molar-refractivity contribution in [2.75, 3.05) is 13.6 Å². The second kappa shape index (κ2) is 22.7. The number of hydrogen-bond acceptors (Lipinski definition) is 3. The van der Waals surface area contributed by atoms with Crippen LogP contribution in [0.3, 0.4) is 0 Å². The van der Waals surface area contributed by atoms with Crippen LogP contribution in [0.2, 0.25) is 0 Å². The minimum absolute atomic E-state index is 0.104. The molecule has 5 nitrogen and oxygen atoms in total. The van der Waals surface area contributed by atoms with E-state index in [-0.39, 0.29) is 5.41 Å². The van der Waals surface area contributed by atoms with E-state index in [1.54, 1.807) is 19.2 Å². The lowest BCUT2D eigenvalue weighted by molar-refractivity contribution is -0.176. The number of carboxylic acid groups (broad SMARTS) is 1. The Morgan fingerprint density at radius 3 is 2.09 bits per heavy atom. The first kappa shape index (κ1) is 49.2. The van der Waals surface area contributed by atoms with Crippen LogP contribution in [0.1, 0.15) is 148 Å². The lowest BCUT2D eigenvalue weighted by atomic mass is 9.36. The van der Waals surface area contributed by atoms with Gasteiger partial charge < -0.3 is 10.4 Å². The molecule has 0 aromatic heterocycles. The Labute approximate surface area is 337 Å². The first-order valence-corrected chi connectivity index (χ1v) is 20.9. The molecule has 1 amide bonds. The zero-order chi connectivity index (χ0) is 42.0. The molecule has 8 atom stereocenters. The van der Waals surface area contributed by atoms with Crippen molar-refractivity contribution in [3.63, 3.8) is 0 Å². The highest BCUT2D eigenvalue weighted by molar-refractivity contribution is 5.95. The van der Waals surface area contributed by atoms with Gasteiger partial charge in [-0.2, -0.15) is 0 Å². The zero-order valence-corrected chi connectivity index (χ0v) is 36.1. The van der Waals surface area contributed by atoms with E-state index in [1.165, 1.54) is 75.3 Å². The zero-order valence-electron chi connectivity index (χ0n) is 36.1. The number of terminal acetylenes is 2. The Bertz CT molecular complexity index is 1470. The number of benzene rings is 1. The summed E-state index contributed by atoms with van der Waals surface area (Å²) in [6.45, 7) is 25.7. The summed E-state index contributed by atoms with van der Waals surface area (Å²) in [5.74, 6) is 3.58. The molecule has 4 fully saturated rings. The lowest BCUT2D eigenvalue weighted by Crippen LogP contribution is -2.60. The van der Waals surface area contributed by atoms with Crippen LogP contribution in [0.25, 0.3) is 5.57 Å². The number of aliphatic imine (C=N–C) groups is 1. The number of nitrogens with zero attached hydrogens (tertiary/aromatic N) is 1. The Hall–Kier alpha value is -3.83. The summed E-state index contributed by atoms with van der Waals surface area (Å²) < 4.78 is 0. The molecule has 5 aliphatic rings. The molecular formula is C50H76N2O3. The molecule has 0 spiro atoms. The van der Waals surface area contributed by atoms with Gasteiger partial charge in [-0.3, -0.25) is 9.79 Å². The topological polar surface area (TPSA) is 78.8 Å². The minimum Gasteiger partial charge on any atom is -0.478 e. The number of aromatic carboxylic acids is 1.